The molecule has 102 valence electrons. The quantitative estimate of drug-likeness (QED) is 0.822. The Morgan fingerprint density at radius 2 is 2.11 bits per heavy atom. The molecule has 0 aromatic carbocycles. The number of nitrogens with one attached hydrogen (secondary N) is 2. The summed E-state index contributed by atoms with van der Waals surface area (Å²) in [7, 11) is 0. The molecule has 0 radical (unpaired) electrons. The van der Waals surface area contributed by atoms with Crippen molar-refractivity contribution >= 4 is 17.4 Å². The van der Waals surface area contributed by atoms with Crippen LogP contribution >= 0.6 is 11.6 Å². The molecule has 1 atom stereocenters. The molecule has 0 saturated heterocycles. The average Bonchev–Trinajstić information content (AvgIpc) is 2.89. The van der Waals surface area contributed by atoms with Crippen molar-refractivity contribution in [3.63, 3.8) is 0 Å². The molecule has 2 N–H and O–H groups in total. The normalized spacial score (nSPS) is 12.7. The molecule has 0 spiro atoms. The Morgan fingerprint density at radius 3 is 2.68 bits per heavy atom. The molecule has 2 heterocycles. The monoisotopic (exact) mass is 279 g/mol. The van der Waals surface area contributed by atoms with Crippen molar-refractivity contribution in [3.05, 3.63) is 35.3 Å². The van der Waals surface area contributed by atoms with Gasteiger partial charge in [-0.05, 0) is 12.3 Å². The Labute approximate surface area is 117 Å². The lowest BCUT2D eigenvalue weighted by Crippen LogP contribution is -2.14. The van der Waals surface area contributed by atoms with Crippen molar-refractivity contribution in [3.8, 4) is 0 Å². The van der Waals surface area contributed by atoms with Gasteiger partial charge < -0.3 is 10.3 Å². The van der Waals surface area contributed by atoms with Crippen molar-refractivity contribution in [1.29, 1.82) is 0 Å². The van der Waals surface area contributed by atoms with E-state index in [-0.39, 0.29) is 12.0 Å². The predicted molar refractivity (Wildman–Crippen MR) is 76.4 cm³/mol. The molecule has 2 aromatic heterocycles. The lowest BCUT2D eigenvalue weighted by molar-refractivity contribution is 0.694. The van der Waals surface area contributed by atoms with Crippen LogP contribution in [0.2, 0.25) is 5.15 Å². The first-order valence-electron chi connectivity index (χ1n) is 6.39. The van der Waals surface area contributed by atoms with Gasteiger partial charge in [0.05, 0.1) is 6.04 Å². The second-order valence-corrected chi connectivity index (χ2v) is 5.02. The molecule has 2 aromatic rings. The summed E-state index contributed by atoms with van der Waals surface area (Å²) >= 11 is 6.16. The Kier molecular flexibility index (Phi) is 4.37. The lowest BCUT2D eigenvalue weighted by Gasteiger charge is -2.19. The van der Waals surface area contributed by atoms with Gasteiger partial charge in [-0.1, -0.05) is 32.4 Å². The Bertz CT molecular complexity index is 524. The summed E-state index contributed by atoms with van der Waals surface area (Å²) in [6, 6.07) is 0.0819. The second-order valence-electron chi connectivity index (χ2n) is 4.66. The Balaban J connectivity index is 2.30. The van der Waals surface area contributed by atoms with Gasteiger partial charge in [-0.15, -0.1) is 0 Å². The molecule has 5 nitrogen and oxygen atoms in total. The minimum Gasteiger partial charge on any atom is -0.360 e. The molecule has 0 aliphatic rings. The summed E-state index contributed by atoms with van der Waals surface area (Å²) in [6.07, 6.45) is 5.93. The van der Waals surface area contributed by atoms with Crippen LogP contribution in [0.15, 0.2) is 18.7 Å². The molecular weight excluding hydrogens is 262 g/mol. The van der Waals surface area contributed by atoms with Crippen molar-refractivity contribution in [2.24, 2.45) is 0 Å². The van der Waals surface area contributed by atoms with Gasteiger partial charge >= 0.3 is 0 Å². The van der Waals surface area contributed by atoms with Crippen LogP contribution in [0.5, 0.6) is 0 Å². The number of rotatable bonds is 5. The van der Waals surface area contributed by atoms with Crippen LogP contribution < -0.4 is 5.32 Å². The van der Waals surface area contributed by atoms with Crippen molar-refractivity contribution in [2.75, 3.05) is 5.32 Å². The van der Waals surface area contributed by atoms with Crippen LogP contribution in [0.1, 0.15) is 50.5 Å². The van der Waals surface area contributed by atoms with Crippen LogP contribution in [-0.4, -0.2) is 19.9 Å². The van der Waals surface area contributed by atoms with E-state index in [1.807, 2.05) is 6.20 Å². The highest BCUT2D eigenvalue weighted by Gasteiger charge is 2.18. The number of hydrogen-bond acceptors (Lipinski definition) is 4. The predicted octanol–water partition coefficient (Wildman–Crippen LogP) is 3.54. The molecule has 6 heteroatoms. The zero-order valence-corrected chi connectivity index (χ0v) is 12.1. The van der Waals surface area contributed by atoms with Gasteiger partial charge in [0.2, 0.25) is 0 Å². The fourth-order valence-corrected chi connectivity index (χ4v) is 2.35. The molecule has 0 fully saturated rings. The Hall–Kier alpha value is -1.62. The Morgan fingerprint density at radius 1 is 1.32 bits per heavy atom. The number of nitrogens with zero attached hydrogens (tertiary/aromatic N) is 3. The molecule has 0 bridgehead atoms. The van der Waals surface area contributed by atoms with Gasteiger partial charge in [-0.3, -0.25) is 0 Å². The number of aromatic amines is 1. The third-order valence-electron chi connectivity index (χ3n) is 2.98. The second kappa shape index (κ2) is 6.02. The van der Waals surface area contributed by atoms with Gasteiger partial charge in [0.15, 0.2) is 0 Å². The van der Waals surface area contributed by atoms with Crippen LogP contribution in [0.4, 0.5) is 5.82 Å². The molecule has 19 heavy (non-hydrogen) atoms. The van der Waals surface area contributed by atoms with Crippen LogP contribution in [0.25, 0.3) is 0 Å². The highest BCUT2D eigenvalue weighted by molar-refractivity contribution is 6.30. The smallest absolute Gasteiger partial charge is 0.138 e. The first kappa shape index (κ1) is 13.8. The zero-order valence-electron chi connectivity index (χ0n) is 11.3. The molecule has 0 amide bonds. The summed E-state index contributed by atoms with van der Waals surface area (Å²) in [5.41, 5.74) is 0.939. The van der Waals surface area contributed by atoms with E-state index in [0.29, 0.717) is 5.15 Å². The molecule has 1 unspecified atom stereocenters. The van der Waals surface area contributed by atoms with Crippen molar-refractivity contribution in [1.82, 2.24) is 19.9 Å². The minimum atomic E-state index is 0.0819. The fraction of sp³-hybridized carbons (Fsp3) is 0.462. The minimum absolute atomic E-state index is 0.0819. The third kappa shape index (κ3) is 3.04. The first-order valence-corrected chi connectivity index (χ1v) is 6.77. The highest BCUT2D eigenvalue weighted by atomic mass is 35.5. The number of anilines is 1. The van der Waals surface area contributed by atoms with E-state index in [4.69, 9.17) is 11.6 Å². The molecule has 0 aliphatic heterocycles. The maximum absolute atomic E-state index is 6.16. The summed E-state index contributed by atoms with van der Waals surface area (Å²) in [5, 5.41) is 3.89. The van der Waals surface area contributed by atoms with Crippen LogP contribution in [-0.2, 0) is 0 Å². The maximum Gasteiger partial charge on any atom is 0.138 e. The SMILES string of the molecule is CCC(Nc1ncnc(Cl)c1C(C)C)c1ncc[nH]1. The van der Waals surface area contributed by atoms with Crippen LogP contribution in [0, 0.1) is 0 Å². The summed E-state index contributed by atoms with van der Waals surface area (Å²) in [6.45, 7) is 6.24. The number of H-pyrrole nitrogens is 1. The van der Waals surface area contributed by atoms with Gasteiger partial charge in [0.25, 0.3) is 0 Å². The first-order chi connectivity index (χ1) is 9.13. The fourth-order valence-electron chi connectivity index (χ4n) is 2.00. The van der Waals surface area contributed by atoms with Crippen molar-refractivity contribution in [2.45, 2.75) is 39.2 Å². The van der Waals surface area contributed by atoms with E-state index < -0.39 is 0 Å². The van der Waals surface area contributed by atoms with Gasteiger partial charge in [-0.2, -0.15) is 0 Å². The molecule has 2 rings (SSSR count). The topological polar surface area (TPSA) is 66.5 Å². The van der Waals surface area contributed by atoms with E-state index in [2.05, 4.69) is 46.0 Å². The van der Waals surface area contributed by atoms with E-state index in [1.54, 1.807) is 6.20 Å². The number of hydrogen-bond donors (Lipinski definition) is 2. The largest absolute Gasteiger partial charge is 0.360 e. The van der Waals surface area contributed by atoms with E-state index in [0.717, 1.165) is 23.6 Å². The van der Waals surface area contributed by atoms with Crippen molar-refractivity contribution < 1.29 is 0 Å². The van der Waals surface area contributed by atoms with E-state index >= 15 is 0 Å². The highest BCUT2D eigenvalue weighted by Crippen LogP contribution is 2.30. The summed E-state index contributed by atoms with van der Waals surface area (Å²) < 4.78 is 0. The molecular formula is C13H18ClN5. The number of aromatic nitrogens is 4. The van der Waals surface area contributed by atoms with Gasteiger partial charge in [-0.25, -0.2) is 15.0 Å². The van der Waals surface area contributed by atoms with Gasteiger partial charge in [0.1, 0.15) is 23.1 Å². The van der Waals surface area contributed by atoms with E-state index in [1.165, 1.54) is 6.33 Å². The lowest BCUT2D eigenvalue weighted by atomic mass is 10.1. The molecule has 0 saturated carbocycles. The van der Waals surface area contributed by atoms with E-state index in [9.17, 15) is 0 Å². The maximum atomic E-state index is 6.16. The number of imidazole rings is 1. The van der Waals surface area contributed by atoms with Crippen LogP contribution in [0.3, 0.4) is 0 Å². The summed E-state index contributed by atoms with van der Waals surface area (Å²) in [4.78, 5) is 15.8. The third-order valence-corrected chi connectivity index (χ3v) is 3.28. The standard InChI is InChI=1S/C13H18ClN5/c1-4-9(12-15-5-6-16-12)19-13-10(8(2)3)11(14)17-7-18-13/h5-9H,4H2,1-3H3,(H,15,16)(H,17,18,19). The zero-order chi connectivity index (χ0) is 13.8. The molecule has 0 aliphatic carbocycles. The average molecular weight is 280 g/mol. The van der Waals surface area contributed by atoms with Gasteiger partial charge in [0, 0.05) is 18.0 Å². The number of halogens is 1. The summed E-state index contributed by atoms with van der Waals surface area (Å²) in [5.74, 6) is 1.93.